The van der Waals surface area contributed by atoms with Gasteiger partial charge in [-0.1, -0.05) is 63.1 Å². The Morgan fingerprint density at radius 1 is 1.14 bits per heavy atom. The largest absolute Gasteiger partial charge is 0.378 e. The molecule has 156 valence electrons. The maximum atomic E-state index is 12.8. The van der Waals surface area contributed by atoms with Crippen LogP contribution in [-0.4, -0.2) is 52.5 Å². The normalized spacial score (nSPS) is 14.9. The lowest BCUT2D eigenvalue weighted by Gasteiger charge is -2.26. The topological polar surface area (TPSA) is 50.8 Å². The van der Waals surface area contributed by atoms with E-state index >= 15 is 0 Å². The molecule has 1 aromatic rings. The van der Waals surface area contributed by atoms with Crippen LogP contribution in [0.5, 0.6) is 0 Å². The van der Waals surface area contributed by atoms with E-state index in [1.807, 2.05) is 45.2 Å². The molecule has 0 saturated heterocycles. The summed E-state index contributed by atoms with van der Waals surface area (Å²) < 4.78 is 10.9. The molecule has 0 aliphatic carbocycles. The van der Waals surface area contributed by atoms with Gasteiger partial charge >= 0.3 is 0 Å². The van der Waals surface area contributed by atoms with Gasteiger partial charge in [-0.15, -0.1) is 0 Å². The Labute approximate surface area is 175 Å². The van der Waals surface area contributed by atoms with Gasteiger partial charge in [-0.2, -0.15) is 0 Å². The number of nitrogens with zero attached hydrogens (tertiary/aromatic N) is 1. The molecular weight excluding hydrogens is 364 g/mol. The summed E-state index contributed by atoms with van der Waals surface area (Å²) in [6.45, 7) is 14.2. The van der Waals surface area contributed by atoms with E-state index in [9.17, 15) is 4.79 Å². The van der Waals surface area contributed by atoms with Gasteiger partial charge in [0.15, 0.2) is 0 Å². The van der Waals surface area contributed by atoms with E-state index in [1.54, 1.807) is 17.1 Å². The SMILES string of the molecule is C=C/C1=C(\C=C)CN(C(=O)COCCOCCNC)c2ccccc2C#C1.CC. The van der Waals surface area contributed by atoms with Crippen LogP contribution in [0.4, 0.5) is 5.69 Å². The van der Waals surface area contributed by atoms with E-state index in [2.05, 4.69) is 30.3 Å². The zero-order valence-electron chi connectivity index (χ0n) is 17.8. The van der Waals surface area contributed by atoms with Crippen LogP contribution in [0.2, 0.25) is 0 Å². The molecule has 1 N–H and O–H groups in total. The second kappa shape index (κ2) is 14.4. The van der Waals surface area contributed by atoms with Gasteiger partial charge in [-0.3, -0.25) is 4.79 Å². The van der Waals surface area contributed by atoms with E-state index < -0.39 is 0 Å². The zero-order chi connectivity index (χ0) is 21.5. The second-order valence-electron chi connectivity index (χ2n) is 5.86. The fraction of sp³-hybridized carbons (Fsp3) is 0.375. The smallest absolute Gasteiger partial charge is 0.253 e. The third-order valence-corrected chi connectivity index (χ3v) is 4.05. The van der Waals surface area contributed by atoms with Gasteiger partial charge in [0.25, 0.3) is 5.91 Å². The minimum atomic E-state index is -0.135. The second-order valence-corrected chi connectivity index (χ2v) is 5.86. The van der Waals surface area contributed by atoms with E-state index in [0.717, 1.165) is 28.9 Å². The number of carbonyl (C=O) groups is 1. The van der Waals surface area contributed by atoms with Crippen LogP contribution in [0.25, 0.3) is 0 Å². The summed E-state index contributed by atoms with van der Waals surface area (Å²) in [5.74, 6) is 6.10. The Morgan fingerprint density at radius 3 is 2.55 bits per heavy atom. The molecule has 0 spiro atoms. The average Bonchev–Trinajstić information content (AvgIpc) is 2.75. The predicted octanol–water partition coefficient (Wildman–Crippen LogP) is 3.33. The highest BCUT2D eigenvalue weighted by molar-refractivity contribution is 5.96. The van der Waals surface area contributed by atoms with Crippen molar-refractivity contribution >= 4 is 11.6 Å². The number of benzene rings is 1. The number of carbonyl (C=O) groups excluding carboxylic acids is 1. The van der Waals surface area contributed by atoms with E-state index in [1.165, 1.54) is 0 Å². The quantitative estimate of drug-likeness (QED) is 0.487. The van der Waals surface area contributed by atoms with Crippen molar-refractivity contribution in [2.45, 2.75) is 13.8 Å². The van der Waals surface area contributed by atoms with E-state index in [0.29, 0.717) is 26.4 Å². The summed E-state index contributed by atoms with van der Waals surface area (Å²) in [7, 11) is 1.87. The van der Waals surface area contributed by atoms with Gasteiger partial charge in [-0.25, -0.2) is 0 Å². The molecular formula is C24H32N2O3. The standard InChI is InChI=1S/C22H26N2O3.C2H6/c1-4-18-10-11-20-8-6-7-9-21(20)24(16-19(18)5-2)22(25)17-27-15-14-26-13-12-23-3;1-2/h4-9,23H,1-2,12-17H2,3H3;1-2H3/b19-18-;. The van der Waals surface area contributed by atoms with E-state index in [-0.39, 0.29) is 12.5 Å². The Morgan fingerprint density at radius 2 is 1.86 bits per heavy atom. The van der Waals surface area contributed by atoms with Gasteiger partial charge in [-0.05, 0) is 24.8 Å². The van der Waals surface area contributed by atoms with Crippen LogP contribution < -0.4 is 10.2 Å². The van der Waals surface area contributed by atoms with Crippen LogP contribution in [0.15, 0.2) is 60.7 Å². The molecule has 1 aromatic carbocycles. The van der Waals surface area contributed by atoms with Crippen LogP contribution in [-0.2, 0) is 14.3 Å². The summed E-state index contributed by atoms with van der Waals surface area (Å²) >= 11 is 0. The summed E-state index contributed by atoms with van der Waals surface area (Å²) in [6.07, 6.45) is 3.41. The number of anilines is 1. The maximum Gasteiger partial charge on any atom is 0.253 e. The van der Waals surface area contributed by atoms with Crippen molar-refractivity contribution in [3.63, 3.8) is 0 Å². The first-order valence-corrected chi connectivity index (χ1v) is 9.90. The highest BCUT2D eigenvalue weighted by atomic mass is 16.5. The molecule has 29 heavy (non-hydrogen) atoms. The lowest BCUT2D eigenvalue weighted by Crippen LogP contribution is -2.37. The minimum Gasteiger partial charge on any atom is -0.378 e. The molecule has 0 saturated carbocycles. The van der Waals surface area contributed by atoms with Crippen LogP contribution in [0, 0.1) is 11.8 Å². The van der Waals surface area contributed by atoms with Crippen molar-refractivity contribution in [2.24, 2.45) is 0 Å². The third kappa shape index (κ3) is 7.71. The molecule has 0 atom stereocenters. The maximum absolute atomic E-state index is 12.8. The number of hydrogen-bond acceptors (Lipinski definition) is 4. The lowest BCUT2D eigenvalue weighted by atomic mass is 10.0. The van der Waals surface area contributed by atoms with Crippen molar-refractivity contribution in [1.82, 2.24) is 5.32 Å². The minimum absolute atomic E-state index is 0.0228. The van der Waals surface area contributed by atoms with Crippen LogP contribution in [0.1, 0.15) is 19.4 Å². The van der Waals surface area contributed by atoms with Crippen molar-refractivity contribution in [1.29, 1.82) is 0 Å². The van der Waals surface area contributed by atoms with Crippen LogP contribution >= 0.6 is 0 Å². The first-order chi connectivity index (χ1) is 14.2. The van der Waals surface area contributed by atoms with Gasteiger partial charge in [0.1, 0.15) is 6.61 Å². The molecule has 0 aromatic heterocycles. The summed E-state index contributed by atoms with van der Waals surface area (Å²) in [5, 5.41) is 3.00. The number of para-hydroxylation sites is 1. The molecule has 1 aliphatic rings. The summed E-state index contributed by atoms with van der Waals surface area (Å²) in [4.78, 5) is 14.5. The molecule has 0 fully saturated rings. The van der Waals surface area contributed by atoms with Gasteiger partial charge in [0.2, 0.25) is 0 Å². The number of ether oxygens (including phenoxy) is 2. The monoisotopic (exact) mass is 396 g/mol. The number of fused-ring (bicyclic) bond motifs is 1. The number of likely N-dealkylation sites (N-methyl/N-ethyl adjacent to an activating group) is 1. The summed E-state index contributed by atoms with van der Waals surface area (Å²) in [5.41, 5.74) is 3.20. The molecule has 1 amide bonds. The lowest BCUT2D eigenvalue weighted by molar-refractivity contribution is -0.123. The Balaban J connectivity index is 0.00000204. The van der Waals surface area contributed by atoms with Crippen molar-refractivity contribution in [3.05, 3.63) is 66.3 Å². The Kier molecular flexibility index (Phi) is 12.1. The van der Waals surface area contributed by atoms with Gasteiger partial charge in [0, 0.05) is 17.7 Å². The molecule has 0 radical (unpaired) electrons. The average molecular weight is 397 g/mol. The van der Waals surface area contributed by atoms with Crippen molar-refractivity contribution < 1.29 is 14.3 Å². The third-order valence-electron chi connectivity index (χ3n) is 4.05. The van der Waals surface area contributed by atoms with Gasteiger partial charge < -0.3 is 19.7 Å². The Hall–Kier alpha value is -2.65. The molecule has 5 nitrogen and oxygen atoms in total. The number of nitrogens with one attached hydrogen (secondary N) is 1. The van der Waals surface area contributed by atoms with Gasteiger partial charge in [0.05, 0.1) is 32.1 Å². The first kappa shape index (κ1) is 24.4. The number of allylic oxidation sites excluding steroid dienone is 2. The van der Waals surface area contributed by atoms with E-state index in [4.69, 9.17) is 9.47 Å². The highest BCUT2D eigenvalue weighted by Gasteiger charge is 2.21. The van der Waals surface area contributed by atoms with Crippen molar-refractivity contribution in [3.8, 4) is 11.8 Å². The zero-order valence-corrected chi connectivity index (χ0v) is 17.8. The molecule has 2 rings (SSSR count). The number of rotatable bonds is 10. The number of amides is 1. The van der Waals surface area contributed by atoms with Crippen LogP contribution in [0.3, 0.4) is 0 Å². The Bertz CT molecular complexity index is 772. The molecule has 0 unspecified atom stereocenters. The molecule has 5 heteroatoms. The fourth-order valence-corrected chi connectivity index (χ4v) is 2.58. The first-order valence-electron chi connectivity index (χ1n) is 9.90. The predicted molar refractivity (Wildman–Crippen MR) is 120 cm³/mol. The fourth-order valence-electron chi connectivity index (χ4n) is 2.58. The highest BCUT2D eigenvalue weighted by Crippen LogP contribution is 2.24. The molecule has 1 aliphatic heterocycles. The van der Waals surface area contributed by atoms with Crippen molar-refractivity contribution in [2.75, 3.05) is 51.5 Å². The molecule has 0 bridgehead atoms. The molecule has 1 heterocycles. The number of hydrogen-bond donors (Lipinski definition) is 1. The summed E-state index contributed by atoms with van der Waals surface area (Å²) in [6, 6.07) is 7.59.